The van der Waals surface area contributed by atoms with E-state index in [1.807, 2.05) is 0 Å². The SMILES string of the molecule is CCC12CC(C(=O)N[C@H](C)C(C)C)(C1)C2. The van der Waals surface area contributed by atoms with Gasteiger partial charge in [0.25, 0.3) is 0 Å². The molecule has 0 spiro atoms. The summed E-state index contributed by atoms with van der Waals surface area (Å²) in [6.07, 6.45) is 4.69. The highest BCUT2D eigenvalue weighted by molar-refractivity contribution is 5.86. The number of hydrogen-bond acceptors (Lipinski definition) is 1. The smallest absolute Gasteiger partial charge is 0.226 e. The van der Waals surface area contributed by atoms with Gasteiger partial charge in [-0.2, -0.15) is 0 Å². The van der Waals surface area contributed by atoms with Crippen molar-refractivity contribution in [2.45, 2.75) is 59.4 Å². The molecule has 0 radical (unpaired) electrons. The molecule has 0 aliphatic heterocycles. The summed E-state index contributed by atoms with van der Waals surface area (Å²) in [7, 11) is 0. The first-order valence-corrected chi connectivity index (χ1v) is 6.24. The fourth-order valence-electron chi connectivity index (χ4n) is 3.14. The Morgan fingerprint density at radius 2 is 1.80 bits per heavy atom. The van der Waals surface area contributed by atoms with Crippen LogP contribution in [0.4, 0.5) is 0 Å². The average molecular weight is 209 g/mol. The third-order valence-corrected chi connectivity index (χ3v) is 4.73. The van der Waals surface area contributed by atoms with Crippen LogP contribution in [0.2, 0.25) is 0 Å². The van der Waals surface area contributed by atoms with Crippen LogP contribution in [0.15, 0.2) is 0 Å². The van der Waals surface area contributed by atoms with E-state index in [1.165, 1.54) is 6.42 Å². The number of nitrogens with one attached hydrogen (secondary N) is 1. The minimum atomic E-state index is 0.0547. The van der Waals surface area contributed by atoms with Crippen LogP contribution in [-0.4, -0.2) is 11.9 Å². The molecule has 3 aliphatic carbocycles. The maximum Gasteiger partial charge on any atom is 0.226 e. The Hall–Kier alpha value is -0.530. The first-order chi connectivity index (χ1) is 6.93. The van der Waals surface area contributed by atoms with Crippen molar-refractivity contribution in [3.63, 3.8) is 0 Å². The number of carbonyl (C=O) groups is 1. The highest BCUT2D eigenvalue weighted by Gasteiger charge is 2.70. The Bertz CT molecular complexity index is 262. The molecule has 3 fully saturated rings. The van der Waals surface area contributed by atoms with Crippen LogP contribution in [0.25, 0.3) is 0 Å². The van der Waals surface area contributed by atoms with Crippen molar-refractivity contribution < 1.29 is 4.79 Å². The van der Waals surface area contributed by atoms with E-state index in [1.54, 1.807) is 0 Å². The van der Waals surface area contributed by atoms with Crippen molar-refractivity contribution >= 4 is 5.91 Å². The molecule has 0 aromatic heterocycles. The monoisotopic (exact) mass is 209 g/mol. The van der Waals surface area contributed by atoms with Crippen molar-refractivity contribution in [2.24, 2.45) is 16.7 Å². The maximum absolute atomic E-state index is 12.0. The van der Waals surface area contributed by atoms with Crippen LogP contribution in [0.5, 0.6) is 0 Å². The van der Waals surface area contributed by atoms with Gasteiger partial charge in [0.2, 0.25) is 5.91 Å². The van der Waals surface area contributed by atoms with Crippen LogP contribution in [-0.2, 0) is 4.79 Å². The molecule has 3 aliphatic rings. The minimum Gasteiger partial charge on any atom is -0.353 e. The number of carbonyl (C=O) groups excluding carboxylic acids is 1. The molecular weight excluding hydrogens is 186 g/mol. The molecular formula is C13H23NO. The Balaban J connectivity index is 1.85. The van der Waals surface area contributed by atoms with E-state index in [2.05, 4.69) is 33.0 Å². The van der Waals surface area contributed by atoms with E-state index in [9.17, 15) is 4.79 Å². The van der Waals surface area contributed by atoms with E-state index in [4.69, 9.17) is 0 Å². The van der Waals surface area contributed by atoms with Crippen molar-refractivity contribution in [1.82, 2.24) is 5.32 Å². The van der Waals surface area contributed by atoms with Gasteiger partial charge in [-0.1, -0.05) is 27.2 Å². The molecule has 86 valence electrons. The summed E-state index contributed by atoms with van der Waals surface area (Å²) in [6.45, 7) is 8.66. The molecule has 0 aromatic rings. The second-order valence-electron chi connectivity index (χ2n) is 6.17. The fourth-order valence-corrected chi connectivity index (χ4v) is 3.14. The largest absolute Gasteiger partial charge is 0.353 e. The van der Waals surface area contributed by atoms with Crippen LogP contribution in [0.3, 0.4) is 0 Å². The van der Waals surface area contributed by atoms with Crippen molar-refractivity contribution in [2.75, 3.05) is 0 Å². The molecule has 1 amide bonds. The second kappa shape index (κ2) is 3.23. The fraction of sp³-hybridized carbons (Fsp3) is 0.923. The number of rotatable bonds is 4. The summed E-state index contributed by atoms with van der Waals surface area (Å²) in [6, 6.07) is 0.309. The van der Waals surface area contributed by atoms with Gasteiger partial charge in [-0.3, -0.25) is 4.79 Å². The van der Waals surface area contributed by atoms with E-state index in [-0.39, 0.29) is 5.41 Å². The lowest BCUT2D eigenvalue weighted by atomic mass is 9.34. The van der Waals surface area contributed by atoms with Gasteiger partial charge in [0.15, 0.2) is 0 Å². The predicted molar refractivity (Wildman–Crippen MR) is 61.5 cm³/mol. The third kappa shape index (κ3) is 1.49. The number of amides is 1. The van der Waals surface area contributed by atoms with Gasteiger partial charge in [-0.15, -0.1) is 0 Å². The molecule has 0 unspecified atom stereocenters. The molecule has 15 heavy (non-hydrogen) atoms. The normalized spacial score (nSPS) is 39.3. The van der Waals surface area contributed by atoms with Gasteiger partial charge in [0.05, 0.1) is 5.41 Å². The summed E-state index contributed by atoms with van der Waals surface area (Å²) in [5.74, 6) is 0.848. The molecule has 2 bridgehead atoms. The summed E-state index contributed by atoms with van der Waals surface area (Å²) < 4.78 is 0. The van der Waals surface area contributed by atoms with Crippen molar-refractivity contribution in [3.8, 4) is 0 Å². The van der Waals surface area contributed by atoms with E-state index in [0.717, 1.165) is 19.3 Å². The van der Waals surface area contributed by atoms with E-state index < -0.39 is 0 Å². The Morgan fingerprint density at radius 1 is 1.27 bits per heavy atom. The Kier molecular flexibility index (Phi) is 2.36. The molecule has 3 rings (SSSR count). The topological polar surface area (TPSA) is 29.1 Å². The standard InChI is InChI=1S/C13H23NO/c1-5-12-6-13(7-12,8-12)11(15)14-10(4)9(2)3/h9-10H,5-8H2,1-4H3,(H,14,15)/t10-,12?,13?/m1/s1. The van der Waals surface area contributed by atoms with Gasteiger partial charge in [0.1, 0.15) is 0 Å². The van der Waals surface area contributed by atoms with Gasteiger partial charge in [0, 0.05) is 6.04 Å². The first-order valence-electron chi connectivity index (χ1n) is 6.24. The van der Waals surface area contributed by atoms with Crippen molar-refractivity contribution in [3.05, 3.63) is 0 Å². The lowest BCUT2D eigenvalue weighted by molar-refractivity contribution is -0.208. The molecule has 1 N–H and O–H groups in total. The molecule has 0 saturated heterocycles. The quantitative estimate of drug-likeness (QED) is 0.758. The van der Waals surface area contributed by atoms with Crippen LogP contribution in [0.1, 0.15) is 53.4 Å². The average Bonchev–Trinajstić information content (AvgIpc) is 1.99. The third-order valence-electron chi connectivity index (χ3n) is 4.73. The van der Waals surface area contributed by atoms with Gasteiger partial charge in [-0.25, -0.2) is 0 Å². The van der Waals surface area contributed by atoms with Gasteiger partial charge in [-0.05, 0) is 37.5 Å². The molecule has 3 saturated carbocycles. The Labute approximate surface area is 92.8 Å². The zero-order valence-corrected chi connectivity index (χ0v) is 10.4. The van der Waals surface area contributed by atoms with Gasteiger partial charge >= 0.3 is 0 Å². The highest BCUT2D eigenvalue weighted by atomic mass is 16.2. The summed E-state index contributed by atoms with van der Waals surface area (Å²) in [4.78, 5) is 12.0. The predicted octanol–water partition coefficient (Wildman–Crippen LogP) is 2.73. The first kappa shape index (κ1) is 11.0. The van der Waals surface area contributed by atoms with Crippen molar-refractivity contribution in [1.29, 1.82) is 0 Å². The van der Waals surface area contributed by atoms with Crippen LogP contribution in [0, 0.1) is 16.7 Å². The number of hydrogen-bond donors (Lipinski definition) is 1. The molecule has 2 nitrogen and oxygen atoms in total. The maximum atomic E-state index is 12.0. The zero-order valence-electron chi connectivity index (χ0n) is 10.4. The Morgan fingerprint density at radius 3 is 2.20 bits per heavy atom. The summed E-state index contributed by atoms with van der Waals surface area (Å²) in [5, 5.41) is 3.16. The van der Waals surface area contributed by atoms with Crippen LogP contribution >= 0.6 is 0 Å². The second-order valence-corrected chi connectivity index (χ2v) is 6.17. The minimum absolute atomic E-state index is 0.0547. The molecule has 1 atom stereocenters. The van der Waals surface area contributed by atoms with E-state index >= 15 is 0 Å². The summed E-state index contributed by atoms with van der Waals surface area (Å²) in [5.41, 5.74) is 0.623. The van der Waals surface area contributed by atoms with Crippen LogP contribution < -0.4 is 5.32 Å². The van der Waals surface area contributed by atoms with E-state index in [0.29, 0.717) is 23.3 Å². The lowest BCUT2D eigenvalue weighted by Gasteiger charge is -2.69. The zero-order chi connectivity index (χ0) is 11.3. The molecule has 0 aromatic carbocycles. The highest BCUT2D eigenvalue weighted by Crippen LogP contribution is 2.74. The molecule has 2 heteroatoms. The lowest BCUT2D eigenvalue weighted by Crippen LogP contribution is -2.68. The molecule has 0 heterocycles. The summed E-state index contributed by atoms with van der Waals surface area (Å²) >= 11 is 0. The van der Waals surface area contributed by atoms with Gasteiger partial charge < -0.3 is 5.32 Å².